The lowest BCUT2D eigenvalue weighted by Crippen LogP contribution is -2.37. The van der Waals surface area contributed by atoms with E-state index < -0.39 is 11.7 Å². The highest BCUT2D eigenvalue weighted by molar-refractivity contribution is 5.95. The zero-order valence-corrected chi connectivity index (χ0v) is 10.4. The van der Waals surface area contributed by atoms with E-state index >= 15 is 0 Å². The van der Waals surface area contributed by atoms with Crippen molar-refractivity contribution in [3.05, 3.63) is 29.6 Å². The number of amidine groups is 1. The predicted octanol–water partition coefficient (Wildman–Crippen LogP) is 1.18. The maximum atomic E-state index is 13.5. The zero-order chi connectivity index (χ0) is 14.4. The highest BCUT2D eigenvalue weighted by Gasteiger charge is 2.17. The Labute approximate surface area is 109 Å². The number of rotatable bonds is 5. The first kappa shape index (κ1) is 14.7. The average molecular weight is 269 g/mol. The minimum absolute atomic E-state index is 0.0154. The number of hydrogen-bond acceptors (Lipinski definition) is 4. The maximum absolute atomic E-state index is 13.5. The molecule has 0 aromatic heterocycles. The summed E-state index contributed by atoms with van der Waals surface area (Å²) in [7, 11) is 0. The maximum Gasteiger partial charge on any atom is 0.254 e. The number of phenols is 1. The van der Waals surface area contributed by atoms with Gasteiger partial charge in [-0.25, -0.2) is 4.39 Å². The number of carbonyl (C=O) groups is 1. The molecule has 1 amide bonds. The molecule has 1 aromatic rings. The lowest BCUT2D eigenvalue weighted by atomic mass is 10.1. The molecule has 1 rings (SSSR count). The minimum Gasteiger partial charge on any atom is -0.508 e. The molecule has 1 unspecified atom stereocenters. The summed E-state index contributed by atoms with van der Waals surface area (Å²) in [6.45, 7) is 1.81. The van der Waals surface area contributed by atoms with Gasteiger partial charge >= 0.3 is 0 Å². The van der Waals surface area contributed by atoms with Crippen LogP contribution in [0.5, 0.6) is 5.75 Å². The van der Waals surface area contributed by atoms with Gasteiger partial charge in [0.05, 0.1) is 5.56 Å². The van der Waals surface area contributed by atoms with Crippen LogP contribution in [0, 0.1) is 5.82 Å². The van der Waals surface area contributed by atoms with E-state index in [-0.39, 0.29) is 29.6 Å². The van der Waals surface area contributed by atoms with Crippen LogP contribution in [-0.4, -0.2) is 28.1 Å². The first-order valence-corrected chi connectivity index (χ1v) is 5.73. The van der Waals surface area contributed by atoms with Crippen molar-refractivity contribution in [2.45, 2.75) is 25.8 Å². The Morgan fingerprint density at radius 2 is 2.26 bits per heavy atom. The Kier molecular flexibility index (Phi) is 5.11. The Hall–Kier alpha value is -2.31. The van der Waals surface area contributed by atoms with Crippen molar-refractivity contribution in [3.8, 4) is 5.75 Å². The first-order valence-electron chi connectivity index (χ1n) is 5.73. The molecule has 104 valence electrons. The number of nitrogens with two attached hydrogens (primary N) is 1. The van der Waals surface area contributed by atoms with Gasteiger partial charge in [-0.3, -0.25) is 4.79 Å². The molecule has 7 heteroatoms. The van der Waals surface area contributed by atoms with Gasteiger partial charge in [-0.1, -0.05) is 12.1 Å². The molecule has 0 saturated carbocycles. The van der Waals surface area contributed by atoms with Crippen LogP contribution in [0.25, 0.3) is 0 Å². The Bertz CT molecular complexity index is 491. The average Bonchev–Trinajstić information content (AvgIpc) is 2.37. The molecule has 19 heavy (non-hydrogen) atoms. The number of nitrogens with zero attached hydrogens (tertiary/aromatic N) is 1. The summed E-state index contributed by atoms with van der Waals surface area (Å²) in [6, 6.07) is 2.91. The van der Waals surface area contributed by atoms with Gasteiger partial charge in [0, 0.05) is 18.5 Å². The number of hydrogen-bond donors (Lipinski definition) is 4. The van der Waals surface area contributed by atoms with E-state index in [4.69, 9.17) is 16.0 Å². The SMILES string of the molecule is CCC(C/C(N)=N/O)NC(=O)c1ccc(O)cc1F. The molecule has 5 N–H and O–H groups in total. The van der Waals surface area contributed by atoms with Crippen LogP contribution in [0.3, 0.4) is 0 Å². The molecule has 0 heterocycles. The number of nitrogens with one attached hydrogen (secondary N) is 1. The smallest absolute Gasteiger partial charge is 0.254 e. The first-order chi connectivity index (χ1) is 8.97. The number of carbonyl (C=O) groups excluding carboxylic acids is 1. The number of oxime groups is 1. The Morgan fingerprint density at radius 3 is 2.79 bits per heavy atom. The molecular weight excluding hydrogens is 253 g/mol. The van der Waals surface area contributed by atoms with E-state index in [0.717, 1.165) is 6.07 Å². The van der Waals surface area contributed by atoms with Crippen molar-refractivity contribution in [2.75, 3.05) is 0 Å². The second-order valence-electron chi connectivity index (χ2n) is 4.04. The van der Waals surface area contributed by atoms with E-state index in [9.17, 15) is 9.18 Å². The quantitative estimate of drug-likeness (QED) is 0.278. The van der Waals surface area contributed by atoms with Crippen LogP contribution in [-0.2, 0) is 0 Å². The van der Waals surface area contributed by atoms with Crippen LogP contribution in [0.2, 0.25) is 0 Å². The number of phenolic OH excluding ortho intramolecular Hbond substituents is 1. The van der Waals surface area contributed by atoms with Gasteiger partial charge in [-0.05, 0) is 18.6 Å². The van der Waals surface area contributed by atoms with Crippen molar-refractivity contribution in [1.29, 1.82) is 0 Å². The molecule has 0 saturated heterocycles. The largest absolute Gasteiger partial charge is 0.508 e. The molecular formula is C12H16FN3O3. The van der Waals surface area contributed by atoms with E-state index in [1.165, 1.54) is 12.1 Å². The van der Waals surface area contributed by atoms with Gasteiger partial charge in [-0.2, -0.15) is 0 Å². The summed E-state index contributed by atoms with van der Waals surface area (Å²) in [4.78, 5) is 11.8. The lowest BCUT2D eigenvalue weighted by Gasteiger charge is -2.16. The fraction of sp³-hybridized carbons (Fsp3) is 0.333. The molecule has 0 fully saturated rings. The minimum atomic E-state index is -0.809. The number of halogens is 1. The summed E-state index contributed by atoms with van der Waals surface area (Å²) in [5.41, 5.74) is 5.18. The summed E-state index contributed by atoms with van der Waals surface area (Å²) in [5.74, 6) is -1.69. The van der Waals surface area contributed by atoms with Gasteiger partial charge in [0.1, 0.15) is 17.4 Å². The van der Waals surface area contributed by atoms with Crippen LogP contribution >= 0.6 is 0 Å². The zero-order valence-electron chi connectivity index (χ0n) is 10.4. The standard InChI is InChI=1S/C12H16FN3O3/c1-2-7(5-11(14)16-19)15-12(18)9-4-3-8(17)6-10(9)13/h3-4,6-7,17,19H,2,5H2,1H3,(H2,14,16)(H,15,18). The summed E-state index contributed by atoms with van der Waals surface area (Å²) < 4.78 is 13.5. The van der Waals surface area contributed by atoms with Crippen LogP contribution in [0.1, 0.15) is 30.1 Å². The van der Waals surface area contributed by atoms with Crippen LogP contribution < -0.4 is 11.1 Å². The fourth-order valence-electron chi connectivity index (χ4n) is 1.54. The van der Waals surface area contributed by atoms with E-state index in [1.54, 1.807) is 0 Å². The monoisotopic (exact) mass is 269 g/mol. The predicted molar refractivity (Wildman–Crippen MR) is 67.6 cm³/mol. The van der Waals surface area contributed by atoms with E-state index in [0.29, 0.717) is 6.42 Å². The molecule has 0 bridgehead atoms. The van der Waals surface area contributed by atoms with Crippen molar-refractivity contribution in [3.63, 3.8) is 0 Å². The third-order valence-electron chi connectivity index (χ3n) is 2.61. The van der Waals surface area contributed by atoms with Gasteiger partial charge in [0.15, 0.2) is 0 Å². The molecule has 6 nitrogen and oxygen atoms in total. The lowest BCUT2D eigenvalue weighted by molar-refractivity contribution is 0.0933. The topological polar surface area (TPSA) is 108 Å². The highest BCUT2D eigenvalue weighted by Crippen LogP contribution is 2.15. The van der Waals surface area contributed by atoms with Gasteiger partial charge in [0.25, 0.3) is 5.91 Å². The molecule has 0 aliphatic heterocycles. The molecule has 0 aliphatic carbocycles. The number of amides is 1. The molecule has 0 radical (unpaired) electrons. The second kappa shape index (κ2) is 6.58. The normalized spacial score (nSPS) is 13.1. The summed E-state index contributed by atoms with van der Waals surface area (Å²) >= 11 is 0. The number of aromatic hydroxyl groups is 1. The van der Waals surface area contributed by atoms with E-state index in [1.807, 2.05) is 6.92 Å². The fourth-order valence-corrected chi connectivity index (χ4v) is 1.54. The van der Waals surface area contributed by atoms with Crippen molar-refractivity contribution >= 4 is 11.7 Å². The molecule has 1 aromatic carbocycles. The third-order valence-corrected chi connectivity index (χ3v) is 2.61. The number of benzene rings is 1. The molecule has 0 aliphatic rings. The van der Waals surface area contributed by atoms with Crippen molar-refractivity contribution < 1.29 is 19.5 Å². The third kappa shape index (κ3) is 4.13. The summed E-state index contributed by atoms with van der Waals surface area (Å²) in [6.07, 6.45) is 0.708. The molecule has 1 atom stereocenters. The molecule has 0 spiro atoms. The van der Waals surface area contributed by atoms with Crippen molar-refractivity contribution in [2.24, 2.45) is 10.9 Å². The Morgan fingerprint density at radius 1 is 1.58 bits per heavy atom. The highest BCUT2D eigenvalue weighted by atomic mass is 19.1. The second-order valence-corrected chi connectivity index (χ2v) is 4.04. The van der Waals surface area contributed by atoms with Crippen LogP contribution in [0.4, 0.5) is 4.39 Å². The summed E-state index contributed by atoms with van der Waals surface area (Å²) in [5, 5.41) is 22.9. The Balaban J connectivity index is 2.77. The van der Waals surface area contributed by atoms with Gasteiger partial charge < -0.3 is 21.4 Å². The van der Waals surface area contributed by atoms with Crippen LogP contribution in [0.15, 0.2) is 23.4 Å². The van der Waals surface area contributed by atoms with Gasteiger partial charge in [-0.15, -0.1) is 0 Å². The van der Waals surface area contributed by atoms with E-state index in [2.05, 4.69) is 10.5 Å². The van der Waals surface area contributed by atoms with Gasteiger partial charge in [0.2, 0.25) is 0 Å². The van der Waals surface area contributed by atoms with Crippen molar-refractivity contribution in [1.82, 2.24) is 5.32 Å².